The molecular weight excluding hydrogens is 405 g/mol. The van der Waals surface area contributed by atoms with E-state index >= 15 is 0 Å². The average molecular weight is 427 g/mol. The van der Waals surface area contributed by atoms with Crippen LogP contribution in [0.15, 0.2) is 53.5 Å². The normalized spacial score (nSPS) is 10.6. The number of halogens is 1. The number of benzene rings is 2. The van der Waals surface area contributed by atoms with Crippen molar-refractivity contribution >= 4 is 35.6 Å². The molecule has 0 amide bonds. The van der Waals surface area contributed by atoms with E-state index in [-0.39, 0.29) is 24.0 Å². The molecule has 0 aromatic heterocycles. The number of nitrogens with two attached hydrogens (primary N) is 1. The Morgan fingerprint density at radius 2 is 1.96 bits per heavy atom. The Balaban J connectivity index is 0.00000264. The predicted octanol–water partition coefficient (Wildman–Crippen LogP) is 3.64. The number of methoxy groups -OCH3 is 1. The number of anilines is 1. The predicted molar refractivity (Wildman–Crippen MR) is 105 cm³/mol. The third kappa shape index (κ3) is 5.97. The van der Waals surface area contributed by atoms with Crippen molar-refractivity contribution in [3.05, 3.63) is 54.1 Å². The molecule has 0 unspecified atom stereocenters. The molecular formula is C17H22IN3O2. The summed E-state index contributed by atoms with van der Waals surface area (Å²) in [6.45, 7) is 3.08. The van der Waals surface area contributed by atoms with Gasteiger partial charge in [0.05, 0.1) is 25.9 Å². The molecule has 0 atom stereocenters. The minimum atomic E-state index is 0. The highest BCUT2D eigenvalue weighted by Gasteiger charge is 2.02. The third-order valence-electron chi connectivity index (χ3n) is 3.01. The molecule has 0 aliphatic rings. The first-order chi connectivity index (χ1) is 10.7. The van der Waals surface area contributed by atoms with Gasteiger partial charge in [-0.25, -0.2) is 4.99 Å². The summed E-state index contributed by atoms with van der Waals surface area (Å²) in [6.07, 6.45) is 0. The number of aliphatic imine (C=N–C) groups is 1. The minimum absolute atomic E-state index is 0. The van der Waals surface area contributed by atoms with E-state index in [4.69, 9.17) is 15.2 Å². The summed E-state index contributed by atoms with van der Waals surface area (Å²) in [6, 6.07) is 15.4. The molecule has 23 heavy (non-hydrogen) atoms. The molecule has 0 bridgehead atoms. The molecule has 0 spiro atoms. The van der Waals surface area contributed by atoms with Crippen LogP contribution in [0.5, 0.6) is 11.5 Å². The first kappa shape index (κ1) is 19.1. The summed E-state index contributed by atoms with van der Waals surface area (Å²) in [5, 5.41) is 3.04. The first-order valence-electron chi connectivity index (χ1n) is 7.14. The van der Waals surface area contributed by atoms with Crippen molar-refractivity contribution in [1.82, 2.24) is 0 Å². The van der Waals surface area contributed by atoms with Gasteiger partial charge in [-0.3, -0.25) is 0 Å². The average Bonchev–Trinajstić information content (AvgIpc) is 2.54. The Bertz CT molecular complexity index is 647. The third-order valence-corrected chi connectivity index (χ3v) is 3.01. The molecule has 2 aromatic rings. The van der Waals surface area contributed by atoms with Gasteiger partial charge in [0.25, 0.3) is 0 Å². The van der Waals surface area contributed by atoms with Crippen molar-refractivity contribution in [3.8, 4) is 11.5 Å². The topological polar surface area (TPSA) is 68.9 Å². The van der Waals surface area contributed by atoms with Crippen molar-refractivity contribution in [1.29, 1.82) is 0 Å². The summed E-state index contributed by atoms with van der Waals surface area (Å²) >= 11 is 0. The van der Waals surface area contributed by atoms with Crippen molar-refractivity contribution in [2.24, 2.45) is 10.7 Å². The minimum Gasteiger partial charge on any atom is -0.495 e. The first-order valence-corrected chi connectivity index (χ1v) is 7.14. The van der Waals surface area contributed by atoms with Crippen molar-refractivity contribution in [2.45, 2.75) is 13.5 Å². The Hall–Kier alpha value is -1.96. The maximum absolute atomic E-state index is 5.93. The monoisotopic (exact) mass is 427 g/mol. The zero-order chi connectivity index (χ0) is 15.8. The smallest absolute Gasteiger partial charge is 0.193 e. The molecule has 0 aliphatic heterocycles. The maximum atomic E-state index is 5.93. The molecule has 3 N–H and O–H groups in total. The second kappa shape index (κ2) is 9.94. The molecule has 5 nitrogen and oxygen atoms in total. The highest BCUT2D eigenvalue weighted by molar-refractivity contribution is 14.0. The molecule has 0 saturated heterocycles. The van der Waals surface area contributed by atoms with Gasteiger partial charge < -0.3 is 20.5 Å². The highest BCUT2D eigenvalue weighted by Crippen LogP contribution is 2.22. The number of hydrogen-bond acceptors (Lipinski definition) is 3. The quantitative estimate of drug-likeness (QED) is 0.420. The van der Waals surface area contributed by atoms with E-state index in [0.29, 0.717) is 19.1 Å². The SMILES string of the molecule is CCOc1cccc(CN=C(N)Nc2ccccc2OC)c1.I. The lowest BCUT2D eigenvalue weighted by atomic mass is 10.2. The van der Waals surface area contributed by atoms with Crippen LogP contribution in [-0.4, -0.2) is 19.7 Å². The molecule has 124 valence electrons. The number of para-hydroxylation sites is 2. The van der Waals surface area contributed by atoms with Crippen molar-refractivity contribution < 1.29 is 9.47 Å². The van der Waals surface area contributed by atoms with E-state index in [1.807, 2.05) is 55.5 Å². The Morgan fingerprint density at radius 3 is 2.70 bits per heavy atom. The maximum Gasteiger partial charge on any atom is 0.193 e. The zero-order valence-electron chi connectivity index (χ0n) is 13.3. The van der Waals surface area contributed by atoms with Gasteiger partial charge in [0.2, 0.25) is 0 Å². The van der Waals surface area contributed by atoms with Crippen LogP contribution >= 0.6 is 24.0 Å². The van der Waals surface area contributed by atoms with Gasteiger partial charge in [0.1, 0.15) is 11.5 Å². The van der Waals surface area contributed by atoms with E-state index in [9.17, 15) is 0 Å². The molecule has 2 rings (SSSR count). The lowest BCUT2D eigenvalue weighted by Crippen LogP contribution is -2.22. The standard InChI is InChI=1S/C17H21N3O2.HI/c1-3-22-14-8-6-7-13(11-14)12-19-17(18)20-15-9-4-5-10-16(15)21-2;/h4-11H,3,12H2,1-2H3,(H3,18,19,20);1H. The van der Waals surface area contributed by atoms with Crippen molar-refractivity contribution in [2.75, 3.05) is 19.0 Å². The molecule has 2 aromatic carbocycles. The van der Waals surface area contributed by atoms with Gasteiger partial charge in [-0.2, -0.15) is 0 Å². The summed E-state index contributed by atoms with van der Waals surface area (Å²) in [4.78, 5) is 4.34. The van der Waals surface area contributed by atoms with E-state index < -0.39 is 0 Å². The van der Waals surface area contributed by atoms with Crippen molar-refractivity contribution in [3.63, 3.8) is 0 Å². The molecule has 6 heteroatoms. The fraction of sp³-hybridized carbons (Fsp3) is 0.235. The number of ether oxygens (including phenoxy) is 2. The van der Waals surface area contributed by atoms with Gasteiger partial charge in [-0.05, 0) is 36.8 Å². The van der Waals surface area contributed by atoms with Crippen LogP contribution in [0.4, 0.5) is 5.69 Å². The van der Waals surface area contributed by atoms with E-state index in [2.05, 4.69) is 10.3 Å². The van der Waals surface area contributed by atoms with Gasteiger partial charge in [0.15, 0.2) is 5.96 Å². The Labute approximate surface area is 153 Å². The molecule has 0 aliphatic carbocycles. The van der Waals surface area contributed by atoms with Gasteiger partial charge in [0, 0.05) is 0 Å². The lowest BCUT2D eigenvalue weighted by Gasteiger charge is -2.10. The largest absolute Gasteiger partial charge is 0.495 e. The van der Waals surface area contributed by atoms with Crippen LogP contribution in [0.25, 0.3) is 0 Å². The van der Waals surface area contributed by atoms with E-state index in [1.165, 1.54) is 0 Å². The van der Waals surface area contributed by atoms with Crippen LogP contribution < -0.4 is 20.5 Å². The van der Waals surface area contributed by atoms with Crippen LogP contribution in [0.1, 0.15) is 12.5 Å². The Morgan fingerprint density at radius 1 is 1.17 bits per heavy atom. The van der Waals surface area contributed by atoms with Gasteiger partial charge >= 0.3 is 0 Å². The summed E-state index contributed by atoms with van der Waals surface area (Å²) in [5.41, 5.74) is 7.75. The van der Waals surface area contributed by atoms with Crippen LogP contribution in [0, 0.1) is 0 Å². The summed E-state index contributed by atoms with van der Waals surface area (Å²) in [7, 11) is 1.62. The number of rotatable bonds is 6. The van der Waals surface area contributed by atoms with E-state index in [1.54, 1.807) is 7.11 Å². The van der Waals surface area contributed by atoms with Crippen LogP contribution in [0.2, 0.25) is 0 Å². The fourth-order valence-electron chi connectivity index (χ4n) is 2.00. The molecule has 0 heterocycles. The van der Waals surface area contributed by atoms with Gasteiger partial charge in [-0.1, -0.05) is 24.3 Å². The lowest BCUT2D eigenvalue weighted by molar-refractivity contribution is 0.340. The van der Waals surface area contributed by atoms with Gasteiger partial charge in [-0.15, -0.1) is 24.0 Å². The van der Waals surface area contributed by atoms with Crippen LogP contribution in [0.3, 0.4) is 0 Å². The number of guanidine groups is 1. The highest BCUT2D eigenvalue weighted by atomic mass is 127. The number of nitrogens with one attached hydrogen (secondary N) is 1. The summed E-state index contributed by atoms with van der Waals surface area (Å²) < 4.78 is 10.7. The number of nitrogens with zero attached hydrogens (tertiary/aromatic N) is 1. The zero-order valence-corrected chi connectivity index (χ0v) is 15.6. The molecule has 0 saturated carbocycles. The molecule has 0 radical (unpaired) electrons. The Kier molecular flexibility index (Phi) is 8.25. The number of hydrogen-bond donors (Lipinski definition) is 2. The molecule has 0 fully saturated rings. The second-order valence-electron chi connectivity index (χ2n) is 4.61. The van der Waals surface area contributed by atoms with Crippen LogP contribution in [-0.2, 0) is 6.54 Å². The fourth-order valence-corrected chi connectivity index (χ4v) is 2.00. The second-order valence-corrected chi connectivity index (χ2v) is 4.61. The van der Waals surface area contributed by atoms with E-state index in [0.717, 1.165) is 22.7 Å². The summed E-state index contributed by atoms with van der Waals surface area (Å²) in [5.74, 6) is 1.90.